The molecule has 0 saturated heterocycles. The fourth-order valence-corrected chi connectivity index (χ4v) is 3.09. The Labute approximate surface area is 222 Å². The van der Waals surface area contributed by atoms with Crippen molar-refractivity contribution in [1.29, 1.82) is 0 Å². The smallest absolute Gasteiger partial charge is 0.322 e. The Morgan fingerprint density at radius 1 is 0.611 bits per heavy atom. The van der Waals surface area contributed by atoms with Gasteiger partial charge in [-0.3, -0.25) is 0 Å². The number of hydrogen-bond donors (Lipinski definition) is 2. The number of methoxy groups -OCH3 is 2. The molecule has 4 rings (SSSR count). The molecule has 2 aromatic heterocycles. The Hall–Kier alpha value is -3.67. The molecule has 0 saturated carbocycles. The average Bonchev–Trinajstić information content (AvgIpc) is 2.85. The summed E-state index contributed by atoms with van der Waals surface area (Å²) < 4.78 is 15.3. The molecule has 0 fully saturated rings. The summed E-state index contributed by atoms with van der Waals surface area (Å²) in [5, 5.41) is 6.13. The van der Waals surface area contributed by atoms with Crippen molar-refractivity contribution in [3.63, 3.8) is 0 Å². The predicted octanol–water partition coefficient (Wildman–Crippen LogP) is 5.61. The topological polar surface area (TPSA) is 129 Å². The van der Waals surface area contributed by atoms with Crippen LogP contribution in [0.3, 0.4) is 0 Å². The minimum absolute atomic E-state index is 0.0426. The predicted molar refractivity (Wildman–Crippen MR) is 138 cm³/mol. The molecule has 2 aromatic carbocycles. The lowest BCUT2D eigenvalue weighted by Gasteiger charge is -2.07. The summed E-state index contributed by atoms with van der Waals surface area (Å²) in [4.78, 5) is 23.3. The summed E-state index contributed by atoms with van der Waals surface area (Å²) in [5.41, 5.74) is 1.61. The van der Waals surface area contributed by atoms with E-state index in [1.54, 1.807) is 14.2 Å². The average molecular weight is 552 g/mol. The molecule has 0 amide bonds. The first-order valence-electron chi connectivity index (χ1n) is 10.3. The van der Waals surface area contributed by atoms with Crippen LogP contribution in [0, 0.1) is 0 Å². The van der Waals surface area contributed by atoms with Crippen LogP contribution < -0.4 is 24.8 Å². The molecule has 36 heavy (non-hydrogen) atoms. The summed E-state index contributed by atoms with van der Waals surface area (Å²) in [6.45, 7) is 2.30. The van der Waals surface area contributed by atoms with Gasteiger partial charge in [0.1, 0.15) is 11.5 Å². The minimum atomic E-state index is 0.0426. The maximum Gasteiger partial charge on any atom is 0.322 e. The first-order chi connectivity index (χ1) is 17.4. The summed E-state index contributed by atoms with van der Waals surface area (Å²) >= 11 is 17.1. The third-order valence-electron chi connectivity index (χ3n) is 4.13. The molecule has 2 N–H and O–H groups in total. The number of halogens is 3. The van der Waals surface area contributed by atoms with E-state index in [4.69, 9.17) is 49.0 Å². The van der Waals surface area contributed by atoms with Crippen LogP contribution in [-0.2, 0) is 0 Å². The van der Waals surface area contributed by atoms with Crippen LogP contribution in [0.5, 0.6) is 17.5 Å². The second-order valence-electron chi connectivity index (χ2n) is 6.55. The molecule has 0 aliphatic rings. The van der Waals surface area contributed by atoms with Crippen molar-refractivity contribution >= 4 is 58.1 Å². The van der Waals surface area contributed by atoms with Crippen molar-refractivity contribution < 1.29 is 14.2 Å². The molecule has 4 aromatic rings. The van der Waals surface area contributed by atoms with E-state index >= 15 is 0 Å². The number of ether oxygens (including phenoxy) is 3. The molecule has 2 heterocycles. The molecule has 188 valence electrons. The number of nitrogens with one attached hydrogen (secondary N) is 2. The van der Waals surface area contributed by atoms with Crippen LogP contribution in [0.25, 0.3) is 0 Å². The lowest BCUT2D eigenvalue weighted by Crippen LogP contribution is -2.03. The fourth-order valence-electron chi connectivity index (χ4n) is 2.57. The molecule has 0 aliphatic heterocycles. The monoisotopic (exact) mass is 550 g/mol. The molecule has 0 spiro atoms. The summed E-state index contributed by atoms with van der Waals surface area (Å²) in [6.07, 6.45) is 0. The van der Waals surface area contributed by atoms with E-state index in [1.165, 1.54) is 0 Å². The van der Waals surface area contributed by atoms with E-state index in [0.717, 1.165) is 22.9 Å². The van der Waals surface area contributed by atoms with Gasteiger partial charge < -0.3 is 24.8 Å². The van der Waals surface area contributed by atoms with Crippen LogP contribution in [0.15, 0.2) is 48.5 Å². The maximum absolute atomic E-state index is 5.80. The van der Waals surface area contributed by atoms with Crippen molar-refractivity contribution in [1.82, 2.24) is 29.9 Å². The Morgan fingerprint density at radius 2 is 1.03 bits per heavy atom. The highest BCUT2D eigenvalue weighted by Crippen LogP contribution is 2.20. The number of nitrogens with zero attached hydrogens (tertiary/aromatic N) is 6. The zero-order valence-electron chi connectivity index (χ0n) is 19.4. The molecule has 0 bridgehead atoms. The van der Waals surface area contributed by atoms with Crippen LogP contribution in [0.4, 0.5) is 23.3 Å². The van der Waals surface area contributed by atoms with Gasteiger partial charge in [-0.05, 0) is 90.3 Å². The molecule has 0 aliphatic carbocycles. The second kappa shape index (κ2) is 13.4. The van der Waals surface area contributed by atoms with Gasteiger partial charge in [0.15, 0.2) is 0 Å². The van der Waals surface area contributed by atoms with Gasteiger partial charge in [0.05, 0.1) is 20.8 Å². The standard InChI is InChI=1S/C12H13ClN4O2.C10H8Cl2N4O/c1-3-19-12-16-10(13)15-11(17-12)14-8-4-6-9(18-2)7-5-8;1-17-7-4-2-6(3-5-7)13-10-15-8(11)14-9(12)16-10/h4-7H,3H2,1-2H3,(H,14,15,16,17);2-5H,1H3,(H,13,14,15,16). The molecular formula is C22H21Cl3N8O3. The Balaban J connectivity index is 0.000000202. The van der Waals surface area contributed by atoms with Gasteiger partial charge in [0.2, 0.25) is 27.7 Å². The second-order valence-corrected chi connectivity index (χ2v) is 7.56. The summed E-state index contributed by atoms with van der Waals surface area (Å²) in [5.74, 6) is 2.16. The van der Waals surface area contributed by atoms with Gasteiger partial charge in [-0.25, -0.2) is 0 Å². The Bertz CT molecular complexity index is 1240. The first kappa shape index (κ1) is 26.9. The lowest BCUT2D eigenvalue weighted by atomic mass is 10.3. The fraction of sp³-hybridized carbons (Fsp3) is 0.182. The van der Waals surface area contributed by atoms with E-state index in [-0.39, 0.29) is 21.9 Å². The molecule has 0 radical (unpaired) electrons. The van der Waals surface area contributed by atoms with Crippen LogP contribution >= 0.6 is 34.8 Å². The maximum atomic E-state index is 5.80. The summed E-state index contributed by atoms with van der Waals surface area (Å²) in [6, 6.07) is 14.8. The Morgan fingerprint density at radius 3 is 1.44 bits per heavy atom. The van der Waals surface area contributed by atoms with Gasteiger partial charge in [-0.1, -0.05) is 0 Å². The van der Waals surface area contributed by atoms with E-state index < -0.39 is 0 Å². The van der Waals surface area contributed by atoms with Crippen molar-refractivity contribution in [3.8, 4) is 17.5 Å². The highest BCUT2D eigenvalue weighted by molar-refractivity contribution is 6.31. The first-order valence-corrected chi connectivity index (χ1v) is 11.5. The highest BCUT2D eigenvalue weighted by Gasteiger charge is 2.06. The van der Waals surface area contributed by atoms with E-state index in [0.29, 0.717) is 18.5 Å². The summed E-state index contributed by atoms with van der Waals surface area (Å²) in [7, 11) is 3.22. The van der Waals surface area contributed by atoms with E-state index in [1.807, 2.05) is 55.5 Å². The third kappa shape index (κ3) is 8.52. The van der Waals surface area contributed by atoms with Crippen molar-refractivity contribution in [2.75, 3.05) is 31.5 Å². The van der Waals surface area contributed by atoms with Crippen LogP contribution in [-0.4, -0.2) is 50.7 Å². The minimum Gasteiger partial charge on any atom is -0.497 e. The number of anilines is 4. The Kier molecular flexibility index (Phi) is 10.0. The van der Waals surface area contributed by atoms with E-state index in [2.05, 4.69) is 40.5 Å². The largest absolute Gasteiger partial charge is 0.497 e. The van der Waals surface area contributed by atoms with Gasteiger partial charge in [-0.2, -0.15) is 29.9 Å². The molecule has 11 nitrogen and oxygen atoms in total. The lowest BCUT2D eigenvalue weighted by molar-refractivity contribution is 0.312. The van der Waals surface area contributed by atoms with Crippen LogP contribution in [0.2, 0.25) is 15.9 Å². The number of aromatic nitrogens is 6. The number of hydrogen-bond acceptors (Lipinski definition) is 11. The molecule has 14 heteroatoms. The van der Waals surface area contributed by atoms with E-state index in [9.17, 15) is 0 Å². The van der Waals surface area contributed by atoms with Crippen molar-refractivity contribution in [3.05, 3.63) is 64.4 Å². The number of rotatable bonds is 8. The molecule has 0 unspecified atom stereocenters. The highest BCUT2D eigenvalue weighted by atomic mass is 35.5. The van der Waals surface area contributed by atoms with Gasteiger partial charge >= 0.3 is 6.01 Å². The third-order valence-corrected chi connectivity index (χ3v) is 4.64. The van der Waals surface area contributed by atoms with Gasteiger partial charge in [0.25, 0.3) is 0 Å². The van der Waals surface area contributed by atoms with Gasteiger partial charge in [0, 0.05) is 11.4 Å². The number of benzene rings is 2. The quantitative estimate of drug-likeness (QED) is 0.283. The van der Waals surface area contributed by atoms with Gasteiger partial charge in [-0.15, -0.1) is 0 Å². The normalized spacial score (nSPS) is 10.1. The zero-order valence-corrected chi connectivity index (χ0v) is 21.6. The molecule has 0 atom stereocenters. The van der Waals surface area contributed by atoms with Crippen LogP contribution in [0.1, 0.15) is 6.92 Å². The SMILES string of the molecule is CCOc1nc(Cl)nc(Nc2ccc(OC)cc2)n1.COc1ccc(Nc2nc(Cl)nc(Cl)n2)cc1. The zero-order chi connectivity index (χ0) is 25.9. The van der Waals surface area contributed by atoms with Crippen molar-refractivity contribution in [2.24, 2.45) is 0 Å². The molecular weight excluding hydrogens is 531 g/mol. The van der Waals surface area contributed by atoms with Crippen molar-refractivity contribution in [2.45, 2.75) is 6.92 Å².